The molecule has 0 aliphatic carbocycles. The van der Waals surface area contributed by atoms with Crippen molar-refractivity contribution < 1.29 is 8.78 Å². The predicted molar refractivity (Wildman–Crippen MR) is 128 cm³/mol. The molecule has 0 fully saturated rings. The fourth-order valence-electron chi connectivity index (χ4n) is 3.37. The van der Waals surface area contributed by atoms with Crippen LogP contribution >= 0.6 is 22.6 Å². The summed E-state index contributed by atoms with van der Waals surface area (Å²) in [7, 11) is 0. The van der Waals surface area contributed by atoms with Crippen molar-refractivity contribution in [3.63, 3.8) is 0 Å². The largest absolute Gasteiger partial charge is 0.382 e. The smallest absolute Gasteiger partial charge is 0.266 e. The summed E-state index contributed by atoms with van der Waals surface area (Å²) >= 11 is 1.89. The van der Waals surface area contributed by atoms with Crippen LogP contribution in [-0.2, 0) is 0 Å². The average Bonchev–Trinajstić information content (AvgIpc) is 2.74. The molecule has 1 unspecified atom stereocenters. The fraction of sp³-hybridized carbons (Fsp3) is 0.0952. The SMILES string of the molecule is CC(Nc1nc(N)nc(N)c1C#N)c1nc2c(I)cc(F)cc2c(=O)n1-c1cccc(F)c1. The van der Waals surface area contributed by atoms with Gasteiger partial charge in [0.1, 0.15) is 34.9 Å². The Balaban J connectivity index is 1.98. The van der Waals surface area contributed by atoms with Crippen molar-refractivity contribution in [1.29, 1.82) is 5.26 Å². The van der Waals surface area contributed by atoms with Crippen LogP contribution in [0.25, 0.3) is 16.6 Å². The first-order valence-corrected chi connectivity index (χ1v) is 10.5. The van der Waals surface area contributed by atoms with Crippen LogP contribution in [0.4, 0.5) is 26.4 Å². The minimum atomic E-state index is -0.743. The second kappa shape index (κ2) is 8.58. The molecule has 9 nitrogen and oxygen atoms in total. The lowest BCUT2D eigenvalue weighted by atomic mass is 10.2. The fourth-order valence-corrected chi connectivity index (χ4v) is 4.08. The van der Waals surface area contributed by atoms with Gasteiger partial charge in [0, 0.05) is 3.57 Å². The zero-order valence-corrected chi connectivity index (χ0v) is 19.1. The van der Waals surface area contributed by atoms with Crippen molar-refractivity contribution >= 4 is 51.1 Å². The molecule has 0 bridgehead atoms. The van der Waals surface area contributed by atoms with Crippen LogP contribution < -0.4 is 22.3 Å². The number of aromatic nitrogens is 4. The number of anilines is 3. The number of nitriles is 1. The Kier molecular flexibility index (Phi) is 5.81. The minimum Gasteiger partial charge on any atom is -0.382 e. The number of nitrogens with zero attached hydrogens (tertiary/aromatic N) is 5. The molecule has 2 heterocycles. The number of nitrogen functional groups attached to an aromatic ring is 2. The third kappa shape index (κ3) is 4.14. The highest BCUT2D eigenvalue weighted by atomic mass is 127. The third-order valence-corrected chi connectivity index (χ3v) is 5.61. The van der Waals surface area contributed by atoms with E-state index in [2.05, 4.69) is 20.3 Å². The van der Waals surface area contributed by atoms with Crippen molar-refractivity contribution in [1.82, 2.24) is 19.5 Å². The molecule has 33 heavy (non-hydrogen) atoms. The molecule has 4 rings (SSSR count). The van der Waals surface area contributed by atoms with Crippen molar-refractivity contribution in [3.05, 3.63) is 73.3 Å². The molecule has 5 N–H and O–H groups in total. The zero-order chi connectivity index (χ0) is 23.9. The van der Waals surface area contributed by atoms with E-state index in [0.717, 1.165) is 12.1 Å². The van der Waals surface area contributed by atoms with Gasteiger partial charge in [0.05, 0.1) is 22.6 Å². The van der Waals surface area contributed by atoms with Gasteiger partial charge in [-0.3, -0.25) is 9.36 Å². The summed E-state index contributed by atoms with van der Waals surface area (Å²) in [6.45, 7) is 1.66. The Morgan fingerprint density at radius 2 is 1.91 bits per heavy atom. The molecule has 1 atom stereocenters. The maximum Gasteiger partial charge on any atom is 0.266 e. The summed E-state index contributed by atoms with van der Waals surface area (Å²) in [4.78, 5) is 25.8. The van der Waals surface area contributed by atoms with Gasteiger partial charge >= 0.3 is 0 Å². The minimum absolute atomic E-state index is 0.0341. The van der Waals surface area contributed by atoms with Gasteiger partial charge in [-0.1, -0.05) is 6.07 Å². The predicted octanol–water partition coefficient (Wildman–Crippen LogP) is 3.27. The van der Waals surface area contributed by atoms with E-state index < -0.39 is 23.2 Å². The highest BCUT2D eigenvalue weighted by Crippen LogP contribution is 2.27. The van der Waals surface area contributed by atoms with Gasteiger partial charge in [-0.2, -0.15) is 15.2 Å². The lowest BCUT2D eigenvalue weighted by Crippen LogP contribution is -2.28. The highest BCUT2D eigenvalue weighted by Gasteiger charge is 2.22. The summed E-state index contributed by atoms with van der Waals surface area (Å²) in [6.07, 6.45) is 0. The number of nitrogens with two attached hydrogens (primary N) is 2. The van der Waals surface area contributed by atoms with E-state index in [9.17, 15) is 18.8 Å². The van der Waals surface area contributed by atoms with E-state index in [1.54, 1.807) is 6.92 Å². The first-order chi connectivity index (χ1) is 15.7. The highest BCUT2D eigenvalue weighted by molar-refractivity contribution is 14.1. The van der Waals surface area contributed by atoms with Gasteiger partial charge in [0.2, 0.25) is 5.95 Å². The van der Waals surface area contributed by atoms with Gasteiger partial charge in [-0.15, -0.1) is 0 Å². The van der Waals surface area contributed by atoms with Crippen LogP contribution in [0.15, 0.2) is 41.2 Å². The Hall–Kier alpha value is -3.86. The standard InChI is InChI=1S/C21H15F2IN8O/c1-9(28-18-14(8-25)17(26)30-21(27)31-18)19-29-16-13(6-11(23)7-15(16)24)20(33)32(19)12-4-2-3-10(22)5-12/h2-7,9H,1H3,(H5,26,27,28,30,31). The van der Waals surface area contributed by atoms with E-state index in [1.165, 1.54) is 28.8 Å². The molecule has 0 aliphatic rings. The molecule has 0 aliphatic heterocycles. The second-order valence-electron chi connectivity index (χ2n) is 7.04. The van der Waals surface area contributed by atoms with Gasteiger partial charge in [-0.05, 0) is 59.8 Å². The summed E-state index contributed by atoms with van der Waals surface area (Å²) in [5.41, 5.74) is 11.3. The van der Waals surface area contributed by atoms with Crippen molar-refractivity contribution in [2.24, 2.45) is 0 Å². The van der Waals surface area contributed by atoms with Gasteiger partial charge < -0.3 is 16.8 Å². The number of benzene rings is 2. The van der Waals surface area contributed by atoms with Gasteiger partial charge in [0.25, 0.3) is 5.56 Å². The molecule has 0 saturated carbocycles. The summed E-state index contributed by atoms with van der Waals surface area (Å²) in [5.74, 6) is -1.21. The second-order valence-corrected chi connectivity index (χ2v) is 8.20. The first-order valence-electron chi connectivity index (χ1n) is 9.47. The Morgan fingerprint density at radius 1 is 1.15 bits per heavy atom. The normalized spacial score (nSPS) is 11.8. The lowest BCUT2D eigenvalue weighted by Gasteiger charge is -2.21. The van der Waals surface area contributed by atoms with Crippen LogP contribution in [0.5, 0.6) is 0 Å². The Morgan fingerprint density at radius 3 is 2.61 bits per heavy atom. The van der Waals surface area contributed by atoms with E-state index in [-0.39, 0.29) is 45.6 Å². The number of hydrogen-bond donors (Lipinski definition) is 3. The number of rotatable bonds is 4. The van der Waals surface area contributed by atoms with E-state index >= 15 is 0 Å². The molecule has 0 spiro atoms. The zero-order valence-electron chi connectivity index (χ0n) is 17.0. The van der Waals surface area contributed by atoms with Crippen molar-refractivity contribution in [3.8, 4) is 11.8 Å². The van der Waals surface area contributed by atoms with Crippen LogP contribution in [0.1, 0.15) is 24.4 Å². The number of nitrogens with one attached hydrogen (secondary N) is 1. The van der Waals surface area contributed by atoms with Gasteiger partial charge in [0.15, 0.2) is 5.82 Å². The maximum atomic E-state index is 14.1. The average molecular weight is 560 g/mol. The van der Waals surface area contributed by atoms with E-state index in [0.29, 0.717) is 3.57 Å². The summed E-state index contributed by atoms with van der Waals surface area (Å²) < 4.78 is 29.7. The maximum absolute atomic E-state index is 14.1. The number of halogens is 3. The topological polar surface area (TPSA) is 149 Å². The molecule has 166 valence electrons. The molecule has 0 amide bonds. The van der Waals surface area contributed by atoms with Crippen LogP contribution in [0.3, 0.4) is 0 Å². The van der Waals surface area contributed by atoms with Crippen molar-refractivity contribution in [2.75, 3.05) is 16.8 Å². The van der Waals surface area contributed by atoms with Crippen LogP contribution in [-0.4, -0.2) is 19.5 Å². The van der Waals surface area contributed by atoms with Crippen LogP contribution in [0.2, 0.25) is 0 Å². The van der Waals surface area contributed by atoms with Crippen molar-refractivity contribution in [2.45, 2.75) is 13.0 Å². The molecule has 0 radical (unpaired) electrons. The molecule has 0 saturated heterocycles. The molecule has 12 heteroatoms. The Bertz CT molecular complexity index is 1520. The molecule has 2 aromatic heterocycles. The van der Waals surface area contributed by atoms with E-state index in [4.69, 9.17) is 11.5 Å². The molecular formula is C21H15F2IN8O. The third-order valence-electron chi connectivity index (χ3n) is 4.79. The molecule has 2 aromatic carbocycles. The molecule has 4 aromatic rings. The molecular weight excluding hydrogens is 545 g/mol. The Labute approximate surface area is 199 Å². The van der Waals surface area contributed by atoms with E-state index in [1.807, 2.05) is 28.7 Å². The number of fused-ring (bicyclic) bond motifs is 1. The quantitative estimate of drug-likeness (QED) is 0.322. The summed E-state index contributed by atoms with van der Waals surface area (Å²) in [5, 5.41) is 12.5. The summed E-state index contributed by atoms with van der Waals surface area (Å²) in [6, 6.07) is 8.87. The van der Waals surface area contributed by atoms with Crippen LogP contribution in [0, 0.1) is 26.5 Å². The first kappa shape index (κ1) is 22.3. The lowest BCUT2D eigenvalue weighted by molar-refractivity contribution is 0.623. The van der Waals surface area contributed by atoms with Gasteiger partial charge in [-0.25, -0.2) is 13.8 Å². The number of hydrogen-bond acceptors (Lipinski definition) is 8. The monoisotopic (exact) mass is 560 g/mol.